The first-order valence-corrected chi connectivity index (χ1v) is 9.69. The van der Waals surface area contributed by atoms with Crippen molar-refractivity contribution in [3.63, 3.8) is 0 Å². The maximum absolute atomic E-state index is 12.9. The summed E-state index contributed by atoms with van der Waals surface area (Å²) in [5.41, 5.74) is 0.532. The van der Waals surface area contributed by atoms with Gasteiger partial charge in [-0.1, -0.05) is 0 Å². The van der Waals surface area contributed by atoms with Crippen molar-refractivity contribution in [2.24, 2.45) is 5.92 Å². The highest BCUT2D eigenvalue weighted by molar-refractivity contribution is 5.93. The third-order valence-electron chi connectivity index (χ3n) is 5.32. The molecule has 8 nitrogen and oxygen atoms in total. The average molecular weight is 376 g/mol. The van der Waals surface area contributed by atoms with Crippen LogP contribution in [-0.4, -0.2) is 64.2 Å². The molecule has 0 bridgehead atoms. The van der Waals surface area contributed by atoms with Gasteiger partial charge in [-0.25, -0.2) is 4.98 Å². The number of aromatic nitrogens is 1. The van der Waals surface area contributed by atoms with Gasteiger partial charge in [-0.15, -0.1) is 0 Å². The quantitative estimate of drug-likeness (QED) is 0.807. The lowest BCUT2D eigenvalue weighted by Crippen LogP contribution is -2.48. The Bertz CT molecular complexity index is 736. The van der Waals surface area contributed by atoms with Crippen LogP contribution in [0, 0.1) is 19.8 Å². The topological polar surface area (TPSA) is 95.8 Å². The molecule has 3 rings (SSSR count). The highest BCUT2D eigenvalue weighted by Gasteiger charge is 2.45. The minimum atomic E-state index is -0.513. The highest BCUT2D eigenvalue weighted by Crippen LogP contribution is 2.34. The van der Waals surface area contributed by atoms with Gasteiger partial charge in [-0.3, -0.25) is 14.4 Å². The molecule has 1 saturated heterocycles. The smallest absolute Gasteiger partial charge is 0.289 e. The number of hydrogen-bond donors (Lipinski definition) is 1. The summed E-state index contributed by atoms with van der Waals surface area (Å²) in [6, 6.07) is -0.796. The van der Waals surface area contributed by atoms with Crippen LogP contribution in [0.3, 0.4) is 0 Å². The van der Waals surface area contributed by atoms with Gasteiger partial charge in [0.2, 0.25) is 17.6 Å². The standard InChI is InChI=1S/C19H28N4O4/c1-5-22(6-2)19(26)15-9-14(10-23(15)18(25)13-7-8-13)21-17(24)16-11(3)20-12(4)27-16/h13-15H,5-10H2,1-4H3,(H,21,24)/t14-,15+/m1/s1. The fraction of sp³-hybridized carbons (Fsp3) is 0.684. The molecule has 1 saturated carbocycles. The van der Waals surface area contributed by atoms with Gasteiger partial charge in [0, 0.05) is 38.5 Å². The monoisotopic (exact) mass is 376 g/mol. The first kappa shape index (κ1) is 19.4. The van der Waals surface area contributed by atoms with E-state index in [4.69, 9.17) is 4.42 Å². The Balaban J connectivity index is 1.74. The number of oxazole rings is 1. The van der Waals surface area contributed by atoms with E-state index in [-0.39, 0.29) is 35.4 Å². The molecule has 1 aromatic rings. The SMILES string of the molecule is CCN(CC)C(=O)[C@@H]1C[C@@H](NC(=O)c2oc(C)nc2C)CN1C(=O)C1CC1. The number of aryl methyl sites for hydroxylation is 2. The Morgan fingerprint density at radius 2 is 1.89 bits per heavy atom. The number of nitrogens with zero attached hydrogens (tertiary/aromatic N) is 3. The zero-order valence-electron chi connectivity index (χ0n) is 16.4. The van der Waals surface area contributed by atoms with Crippen molar-refractivity contribution >= 4 is 17.7 Å². The molecule has 0 radical (unpaired) electrons. The second-order valence-corrected chi connectivity index (χ2v) is 7.34. The van der Waals surface area contributed by atoms with E-state index in [0.717, 1.165) is 12.8 Å². The van der Waals surface area contributed by atoms with Crippen molar-refractivity contribution in [3.05, 3.63) is 17.3 Å². The lowest BCUT2D eigenvalue weighted by molar-refractivity contribution is -0.144. The molecule has 0 aromatic carbocycles. The molecule has 1 aromatic heterocycles. The number of likely N-dealkylation sites (tertiary alicyclic amines) is 1. The number of carbonyl (C=O) groups is 3. The molecule has 1 aliphatic carbocycles. The van der Waals surface area contributed by atoms with Crippen molar-refractivity contribution in [3.8, 4) is 0 Å². The molecule has 3 amide bonds. The average Bonchev–Trinajstić information content (AvgIpc) is 3.31. The summed E-state index contributed by atoms with van der Waals surface area (Å²) < 4.78 is 5.38. The van der Waals surface area contributed by atoms with Gasteiger partial charge in [0.25, 0.3) is 5.91 Å². The van der Waals surface area contributed by atoms with Crippen molar-refractivity contribution in [2.75, 3.05) is 19.6 Å². The number of rotatable bonds is 6. The zero-order valence-corrected chi connectivity index (χ0v) is 16.4. The van der Waals surface area contributed by atoms with E-state index in [9.17, 15) is 14.4 Å². The van der Waals surface area contributed by atoms with Crippen LogP contribution in [0.2, 0.25) is 0 Å². The van der Waals surface area contributed by atoms with E-state index < -0.39 is 6.04 Å². The number of nitrogens with one attached hydrogen (secondary N) is 1. The van der Waals surface area contributed by atoms with Gasteiger partial charge in [0.1, 0.15) is 6.04 Å². The molecule has 1 aliphatic heterocycles. The molecule has 2 fully saturated rings. The van der Waals surface area contributed by atoms with Crippen LogP contribution in [0.25, 0.3) is 0 Å². The van der Waals surface area contributed by atoms with Crippen LogP contribution in [0.15, 0.2) is 4.42 Å². The fourth-order valence-electron chi connectivity index (χ4n) is 3.72. The van der Waals surface area contributed by atoms with Gasteiger partial charge in [-0.05, 0) is 40.0 Å². The van der Waals surface area contributed by atoms with Gasteiger partial charge in [0.15, 0.2) is 5.89 Å². The van der Waals surface area contributed by atoms with Crippen LogP contribution in [-0.2, 0) is 9.59 Å². The van der Waals surface area contributed by atoms with Gasteiger partial charge in [0.05, 0.1) is 5.69 Å². The molecule has 0 unspecified atom stereocenters. The van der Waals surface area contributed by atoms with Gasteiger partial charge < -0.3 is 19.5 Å². The van der Waals surface area contributed by atoms with Crippen LogP contribution < -0.4 is 5.32 Å². The predicted octanol–water partition coefficient (Wildman–Crippen LogP) is 1.27. The third kappa shape index (κ3) is 3.99. The molecular weight excluding hydrogens is 348 g/mol. The highest BCUT2D eigenvalue weighted by atomic mass is 16.4. The minimum absolute atomic E-state index is 0.0314. The summed E-state index contributed by atoms with van der Waals surface area (Å²) in [6.07, 6.45) is 2.19. The Morgan fingerprint density at radius 3 is 2.41 bits per heavy atom. The number of likely N-dealkylation sites (N-methyl/N-ethyl adjacent to an activating group) is 1. The second-order valence-electron chi connectivity index (χ2n) is 7.34. The number of carbonyl (C=O) groups excluding carboxylic acids is 3. The van der Waals surface area contributed by atoms with Crippen molar-refractivity contribution in [1.29, 1.82) is 0 Å². The molecule has 2 atom stereocenters. The molecule has 1 N–H and O–H groups in total. The van der Waals surface area contributed by atoms with E-state index in [0.29, 0.717) is 37.6 Å². The van der Waals surface area contributed by atoms with Crippen LogP contribution in [0.1, 0.15) is 55.2 Å². The zero-order chi connectivity index (χ0) is 19.7. The normalized spacial score (nSPS) is 22.0. The van der Waals surface area contributed by atoms with Crippen LogP contribution in [0.4, 0.5) is 0 Å². The van der Waals surface area contributed by atoms with Crippen LogP contribution in [0.5, 0.6) is 0 Å². The second kappa shape index (κ2) is 7.70. The summed E-state index contributed by atoms with van der Waals surface area (Å²) in [5, 5.41) is 2.92. The van der Waals surface area contributed by atoms with Crippen molar-refractivity contribution in [1.82, 2.24) is 20.1 Å². The summed E-state index contributed by atoms with van der Waals surface area (Å²) in [6.45, 7) is 8.82. The summed E-state index contributed by atoms with van der Waals surface area (Å²) in [5.74, 6) is 0.287. The lowest BCUT2D eigenvalue weighted by atomic mass is 10.1. The van der Waals surface area contributed by atoms with E-state index in [1.54, 1.807) is 23.6 Å². The van der Waals surface area contributed by atoms with E-state index in [2.05, 4.69) is 10.3 Å². The molecule has 2 aliphatic rings. The maximum atomic E-state index is 12.9. The molecule has 8 heteroatoms. The van der Waals surface area contributed by atoms with Crippen molar-refractivity contribution in [2.45, 2.75) is 59.0 Å². The molecule has 2 heterocycles. The molecule has 27 heavy (non-hydrogen) atoms. The number of amides is 3. The van der Waals surface area contributed by atoms with E-state index in [1.165, 1.54) is 0 Å². The molecule has 0 spiro atoms. The Kier molecular flexibility index (Phi) is 5.53. The summed E-state index contributed by atoms with van der Waals surface area (Å²) >= 11 is 0. The molecule has 148 valence electrons. The molecular formula is C19H28N4O4. The Morgan fingerprint density at radius 1 is 1.22 bits per heavy atom. The third-order valence-corrected chi connectivity index (χ3v) is 5.32. The van der Waals surface area contributed by atoms with Crippen molar-refractivity contribution < 1.29 is 18.8 Å². The Labute approximate surface area is 159 Å². The first-order chi connectivity index (χ1) is 12.8. The van der Waals surface area contributed by atoms with E-state index in [1.807, 2.05) is 13.8 Å². The Hall–Kier alpha value is -2.38. The maximum Gasteiger partial charge on any atom is 0.289 e. The predicted molar refractivity (Wildman–Crippen MR) is 98.0 cm³/mol. The summed E-state index contributed by atoms with van der Waals surface area (Å²) in [4.78, 5) is 45.7. The van der Waals surface area contributed by atoms with E-state index >= 15 is 0 Å². The van der Waals surface area contributed by atoms with Gasteiger partial charge in [-0.2, -0.15) is 0 Å². The minimum Gasteiger partial charge on any atom is -0.436 e. The largest absolute Gasteiger partial charge is 0.436 e. The number of hydrogen-bond acceptors (Lipinski definition) is 5. The van der Waals surface area contributed by atoms with Crippen LogP contribution >= 0.6 is 0 Å². The van der Waals surface area contributed by atoms with Gasteiger partial charge >= 0.3 is 0 Å². The first-order valence-electron chi connectivity index (χ1n) is 9.69. The lowest BCUT2D eigenvalue weighted by Gasteiger charge is -2.28. The summed E-state index contributed by atoms with van der Waals surface area (Å²) in [7, 11) is 0. The fourth-order valence-corrected chi connectivity index (χ4v) is 3.72.